The largest absolute Gasteiger partial charge is 0.488 e. The number of unbranched alkanes of at least 4 members (excludes halogenated alkanes) is 2. The van der Waals surface area contributed by atoms with Crippen LogP contribution in [0.4, 0.5) is 5.69 Å². The van der Waals surface area contributed by atoms with Gasteiger partial charge >= 0.3 is 5.97 Å². The molecule has 2 N–H and O–H groups in total. The number of carboxylic acid groups (broad SMARTS) is 1. The molecule has 3 rings (SSSR count). The Morgan fingerprint density at radius 1 is 0.971 bits per heavy atom. The lowest BCUT2D eigenvalue weighted by Crippen LogP contribution is -2.27. The summed E-state index contributed by atoms with van der Waals surface area (Å²) in [4.78, 5) is 25.8. The Hall–Kier alpha value is -3.80. The van der Waals surface area contributed by atoms with E-state index in [1.54, 1.807) is 0 Å². The number of amides is 1. The smallest absolute Gasteiger partial charge is 0.303 e. The highest BCUT2D eigenvalue weighted by molar-refractivity contribution is 5.94. The molecular weight excluding hydrogens is 428 g/mol. The van der Waals surface area contributed by atoms with Gasteiger partial charge in [-0.1, -0.05) is 54.6 Å². The minimum atomic E-state index is -0.804. The van der Waals surface area contributed by atoms with E-state index >= 15 is 0 Å². The van der Waals surface area contributed by atoms with Crippen molar-refractivity contribution in [3.8, 4) is 5.75 Å². The van der Waals surface area contributed by atoms with Gasteiger partial charge < -0.3 is 20.1 Å². The Morgan fingerprint density at radius 2 is 1.71 bits per heavy atom. The van der Waals surface area contributed by atoms with Crippen LogP contribution < -0.4 is 15.0 Å². The summed E-state index contributed by atoms with van der Waals surface area (Å²) in [6.07, 6.45) is 3.88. The molecule has 0 saturated heterocycles. The molecular formula is C28H32N2O4. The maximum Gasteiger partial charge on any atom is 0.303 e. The Morgan fingerprint density at radius 3 is 2.44 bits per heavy atom. The molecule has 0 fully saturated rings. The Kier molecular flexibility index (Phi) is 9.09. The second kappa shape index (κ2) is 12.4. The molecule has 3 aromatic carbocycles. The number of rotatable bonds is 12. The number of fused-ring (bicyclic) bond motifs is 1. The lowest BCUT2D eigenvalue weighted by Gasteiger charge is -2.14. The molecule has 6 nitrogen and oxygen atoms in total. The van der Waals surface area contributed by atoms with Gasteiger partial charge in [-0.2, -0.15) is 0 Å². The number of carboxylic acids is 1. The maximum atomic E-state index is 13.0. The van der Waals surface area contributed by atoms with E-state index in [2.05, 4.69) is 5.32 Å². The summed E-state index contributed by atoms with van der Waals surface area (Å²) in [5.41, 5.74) is 2.64. The lowest BCUT2D eigenvalue weighted by atomic mass is 10.1. The summed E-state index contributed by atoms with van der Waals surface area (Å²) >= 11 is 0. The van der Waals surface area contributed by atoms with Crippen LogP contribution in [-0.4, -0.2) is 37.7 Å². The predicted octanol–water partition coefficient (Wildman–Crippen LogP) is 5.17. The maximum absolute atomic E-state index is 13.0. The van der Waals surface area contributed by atoms with Crippen molar-refractivity contribution in [1.82, 2.24) is 5.32 Å². The van der Waals surface area contributed by atoms with Gasteiger partial charge in [-0.05, 0) is 48.4 Å². The molecule has 0 aliphatic carbocycles. The summed E-state index contributed by atoms with van der Waals surface area (Å²) in [7, 11) is 3.97. The van der Waals surface area contributed by atoms with Crippen LogP contribution in [0.1, 0.15) is 31.2 Å². The number of nitrogens with zero attached hydrogens (tertiary/aromatic N) is 1. The van der Waals surface area contributed by atoms with Crippen molar-refractivity contribution >= 4 is 28.3 Å². The van der Waals surface area contributed by atoms with Crippen LogP contribution in [0.25, 0.3) is 10.8 Å². The van der Waals surface area contributed by atoms with Crippen molar-refractivity contribution in [3.05, 3.63) is 83.9 Å². The number of hydrogen-bond donors (Lipinski definition) is 2. The van der Waals surface area contributed by atoms with E-state index in [4.69, 9.17) is 9.84 Å². The van der Waals surface area contributed by atoms with E-state index < -0.39 is 5.97 Å². The van der Waals surface area contributed by atoms with Gasteiger partial charge in [0.15, 0.2) is 0 Å². The zero-order valence-electron chi connectivity index (χ0n) is 19.8. The van der Waals surface area contributed by atoms with Crippen LogP contribution in [0.3, 0.4) is 0 Å². The Bertz CT molecular complexity index is 1130. The predicted molar refractivity (Wildman–Crippen MR) is 136 cm³/mol. The van der Waals surface area contributed by atoms with Crippen LogP contribution in [0, 0.1) is 0 Å². The Labute approximate surface area is 200 Å². The van der Waals surface area contributed by atoms with Crippen LogP contribution >= 0.6 is 0 Å². The third-order valence-electron chi connectivity index (χ3n) is 5.57. The molecule has 0 aliphatic rings. The fraction of sp³-hybridized carbons (Fsp3) is 0.286. The van der Waals surface area contributed by atoms with Crippen molar-refractivity contribution in [1.29, 1.82) is 0 Å². The van der Waals surface area contributed by atoms with Gasteiger partial charge in [-0.15, -0.1) is 0 Å². The van der Waals surface area contributed by atoms with Gasteiger partial charge in [0.1, 0.15) is 12.4 Å². The molecule has 0 saturated carbocycles. The highest BCUT2D eigenvalue weighted by atomic mass is 16.5. The zero-order valence-corrected chi connectivity index (χ0v) is 19.8. The van der Waals surface area contributed by atoms with E-state index in [0.717, 1.165) is 27.8 Å². The first-order valence-electron chi connectivity index (χ1n) is 11.5. The minimum Gasteiger partial charge on any atom is -0.488 e. The van der Waals surface area contributed by atoms with Gasteiger partial charge in [-0.3, -0.25) is 9.59 Å². The molecule has 0 unspecified atom stereocenters. The molecule has 34 heavy (non-hydrogen) atoms. The first-order valence-corrected chi connectivity index (χ1v) is 11.5. The van der Waals surface area contributed by atoms with Crippen molar-refractivity contribution in [3.63, 3.8) is 0 Å². The standard InChI is InChI=1S/C28H32N2O4/c1-30(2)24-17-15-21(16-18-24)19-29-28(33)23(10-4-3-5-14-27(31)32)20-34-26-13-8-11-22-9-6-7-12-25(22)26/h6-13,15-18H,3-5,14,19-20H2,1-2H3,(H,29,33)(H,31,32)/b23-10+. The highest BCUT2D eigenvalue weighted by Gasteiger charge is 2.12. The molecule has 0 radical (unpaired) electrons. The molecule has 1 amide bonds. The topological polar surface area (TPSA) is 78.9 Å². The molecule has 0 aromatic heterocycles. The first kappa shape index (κ1) is 24.8. The number of anilines is 1. The summed E-state index contributed by atoms with van der Waals surface area (Å²) in [5.74, 6) is -0.265. The molecule has 0 heterocycles. The number of allylic oxidation sites excluding steroid dienone is 1. The first-order chi connectivity index (χ1) is 16.4. The summed E-state index contributed by atoms with van der Waals surface area (Å²) in [6.45, 7) is 0.551. The van der Waals surface area contributed by atoms with E-state index in [1.165, 1.54) is 0 Å². The van der Waals surface area contributed by atoms with Gasteiger partial charge in [0.25, 0.3) is 5.91 Å². The van der Waals surface area contributed by atoms with Crippen molar-refractivity contribution in [2.75, 3.05) is 25.6 Å². The van der Waals surface area contributed by atoms with E-state index in [9.17, 15) is 9.59 Å². The minimum absolute atomic E-state index is 0.130. The van der Waals surface area contributed by atoms with Crippen LogP contribution in [-0.2, 0) is 16.1 Å². The second-order valence-corrected chi connectivity index (χ2v) is 8.38. The molecule has 6 heteroatoms. The number of carbonyl (C=O) groups excluding carboxylic acids is 1. The van der Waals surface area contributed by atoms with Gasteiger partial charge in [0.2, 0.25) is 0 Å². The average molecular weight is 461 g/mol. The van der Waals surface area contributed by atoms with Crippen LogP contribution in [0.15, 0.2) is 78.4 Å². The van der Waals surface area contributed by atoms with Crippen LogP contribution in [0.2, 0.25) is 0 Å². The molecule has 0 aliphatic heterocycles. The SMILES string of the molecule is CN(C)c1ccc(CNC(=O)/C(=C/CCCCC(=O)O)COc2cccc3ccccc23)cc1. The number of carbonyl (C=O) groups is 2. The summed E-state index contributed by atoms with van der Waals surface area (Å²) < 4.78 is 6.06. The number of nitrogens with one attached hydrogen (secondary N) is 1. The van der Waals surface area contributed by atoms with Gasteiger partial charge in [0.05, 0.1) is 5.57 Å². The number of benzene rings is 3. The second-order valence-electron chi connectivity index (χ2n) is 8.38. The van der Waals surface area contributed by atoms with Crippen molar-refractivity contribution in [2.24, 2.45) is 0 Å². The third kappa shape index (κ3) is 7.37. The fourth-order valence-corrected chi connectivity index (χ4v) is 3.60. The molecule has 0 atom stereocenters. The fourth-order valence-electron chi connectivity index (χ4n) is 3.60. The van der Waals surface area contributed by atoms with E-state index in [0.29, 0.717) is 31.4 Å². The third-order valence-corrected chi connectivity index (χ3v) is 5.57. The Balaban J connectivity index is 1.66. The van der Waals surface area contributed by atoms with Crippen molar-refractivity contribution < 1.29 is 19.4 Å². The number of ether oxygens (including phenoxy) is 1. The average Bonchev–Trinajstić information content (AvgIpc) is 2.84. The molecule has 178 valence electrons. The normalized spacial score (nSPS) is 11.3. The van der Waals surface area contributed by atoms with Gasteiger partial charge in [-0.25, -0.2) is 0 Å². The summed E-state index contributed by atoms with van der Waals surface area (Å²) in [6, 6.07) is 21.9. The lowest BCUT2D eigenvalue weighted by molar-refractivity contribution is -0.137. The number of hydrogen-bond acceptors (Lipinski definition) is 4. The summed E-state index contributed by atoms with van der Waals surface area (Å²) in [5, 5.41) is 13.9. The monoisotopic (exact) mass is 460 g/mol. The van der Waals surface area contributed by atoms with Crippen LogP contribution in [0.5, 0.6) is 5.75 Å². The quantitative estimate of drug-likeness (QED) is 0.288. The zero-order chi connectivity index (χ0) is 24.3. The highest BCUT2D eigenvalue weighted by Crippen LogP contribution is 2.25. The molecule has 0 spiro atoms. The number of aliphatic carboxylic acids is 1. The van der Waals surface area contributed by atoms with Gasteiger partial charge in [0, 0.05) is 38.1 Å². The van der Waals surface area contributed by atoms with E-state index in [-0.39, 0.29) is 18.9 Å². The molecule has 0 bridgehead atoms. The van der Waals surface area contributed by atoms with E-state index in [1.807, 2.05) is 91.8 Å². The van der Waals surface area contributed by atoms with Crippen molar-refractivity contribution in [2.45, 2.75) is 32.2 Å². The molecule has 3 aromatic rings.